The van der Waals surface area contributed by atoms with Gasteiger partial charge in [-0.25, -0.2) is 0 Å². The number of ketones is 1. The standard InChI is InChI=1S/C17H15ClN2O3/c1-4-11-13(9(3)23-20-11)15-14(16(21)17(18)22)10-7-8(2)5-6-12(10)19-15/h5-7,19H,4H2,1-3H3. The van der Waals surface area contributed by atoms with Crippen molar-refractivity contribution in [1.29, 1.82) is 0 Å². The van der Waals surface area contributed by atoms with E-state index < -0.39 is 11.0 Å². The van der Waals surface area contributed by atoms with E-state index in [1.54, 1.807) is 6.92 Å². The summed E-state index contributed by atoms with van der Waals surface area (Å²) in [7, 11) is 0. The number of aromatic nitrogens is 2. The monoisotopic (exact) mass is 330 g/mol. The van der Waals surface area contributed by atoms with Crippen molar-refractivity contribution in [2.24, 2.45) is 0 Å². The van der Waals surface area contributed by atoms with E-state index in [0.29, 0.717) is 28.8 Å². The van der Waals surface area contributed by atoms with E-state index in [0.717, 1.165) is 16.8 Å². The summed E-state index contributed by atoms with van der Waals surface area (Å²) in [6.45, 7) is 5.64. The van der Waals surface area contributed by atoms with Crippen LogP contribution in [0, 0.1) is 13.8 Å². The summed E-state index contributed by atoms with van der Waals surface area (Å²) in [5, 5.41) is 3.67. The molecule has 2 aromatic heterocycles. The molecule has 2 heterocycles. The van der Waals surface area contributed by atoms with E-state index in [2.05, 4.69) is 10.1 Å². The van der Waals surface area contributed by atoms with Crippen molar-refractivity contribution in [3.8, 4) is 11.3 Å². The van der Waals surface area contributed by atoms with Crippen molar-refractivity contribution in [1.82, 2.24) is 10.1 Å². The van der Waals surface area contributed by atoms with Crippen molar-refractivity contribution in [2.75, 3.05) is 0 Å². The number of carbonyl (C=O) groups is 2. The summed E-state index contributed by atoms with van der Waals surface area (Å²) in [6.07, 6.45) is 0.642. The van der Waals surface area contributed by atoms with E-state index in [4.69, 9.17) is 16.1 Å². The average molecular weight is 331 g/mol. The van der Waals surface area contributed by atoms with Crippen LogP contribution in [0.5, 0.6) is 0 Å². The number of H-pyrrole nitrogens is 1. The van der Waals surface area contributed by atoms with Gasteiger partial charge in [-0.3, -0.25) is 9.59 Å². The lowest BCUT2D eigenvalue weighted by atomic mass is 9.99. The van der Waals surface area contributed by atoms with Crippen LogP contribution in [0.3, 0.4) is 0 Å². The van der Waals surface area contributed by atoms with Crippen LogP contribution in [-0.2, 0) is 11.2 Å². The number of fused-ring (bicyclic) bond motifs is 1. The van der Waals surface area contributed by atoms with Crippen LogP contribution >= 0.6 is 11.6 Å². The molecule has 0 bridgehead atoms. The maximum Gasteiger partial charge on any atom is 0.293 e. The Hall–Kier alpha value is -2.40. The SMILES string of the molecule is CCc1noc(C)c1-c1[nH]c2ccc(C)cc2c1C(=O)C(=O)Cl. The first-order chi connectivity index (χ1) is 10.9. The number of carbonyl (C=O) groups excluding carboxylic acids is 2. The average Bonchev–Trinajstić information content (AvgIpc) is 3.05. The van der Waals surface area contributed by atoms with Gasteiger partial charge in [0.15, 0.2) is 0 Å². The highest BCUT2D eigenvalue weighted by molar-refractivity contribution is 6.83. The van der Waals surface area contributed by atoms with E-state index >= 15 is 0 Å². The quantitative estimate of drug-likeness (QED) is 0.446. The molecule has 0 spiro atoms. The number of aryl methyl sites for hydroxylation is 3. The van der Waals surface area contributed by atoms with Gasteiger partial charge in [-0.2, -0.15) is 0 Å². The molecule has 0 atom stereocenters. The third-order valence-electron chi connectivity index (χ3n) is 3.88. The second kappa shape index (κ2) is 5.66. The molecule has 0 saturated heterocycles. The fourth-order valence-electron chi connectivity index (χ4n) is 2.81. The van der Waals surface area contributed by atoms with Gasteiger partial charge in [0.25, 0.3) is 5.24 Å². The Morgan fingerprint density at radius 2 is 2.04 bits per heavy atom. The minimum atomic E-state index is -1.01. The molecular weight excluding hydrogens is 316 g/mol. The molecule has 118 valence electrons. The maximum absolute atomic E-state index is 12.4. The Morgan fingerprint density at radius 3 is 2.70 bits per heavy atom. The second-order valence-corrected chi connectivity index (χ2v) is 5.78. The number of Topliss-reactive ketones (excluding diaryl/α,β-unsaturated/α-hetero) is 1. The van der Waals surface area contributed by atoms with Crippen LogP contribution in [-0.4, -0.2) is 21.2 Å². The van der Waals surface area contributed by atoms with Crippen molar-refractivity contribution in [2.45, 2.75) is 27.2 Å². The normalized spacial score (nSPS) is 11.1. The number of benzene rings is 1. The van der Waals surface area contributed by atoms with Crippen molar-refractivity contribution < 1.29 is 14.1 Å². The molecule has 0 saturated carbocycles. The topological polar surface area (TPSA) is 76.0 Å². The van der Waals surface area contributed by atoms with Crippen LogP contribution in [0.4, 0.5) is 0 Å². The molecule has 3 aromatic rings. The zero-order valence-electron chi connectivity index (χ0n) is 13.0. The molecule has 1 aromatic carbocycles. The van der Waals surface area contributed by atoms with Gasteiger partial charge < -0.3 is 9.51 Å². The molecule has 3 rings (SSSR count). The first-order valence-corrected chi connectivity index (χ1v) is 7.63. The lowest BCUT2D eigenvalue weighted by Gasteiger charge is -2.02. The Labute approximate surface area is 137 Å². The highest BCUT2D eigenvalue weighted by atomic mass is 35.5. The number of nitrogens with one attached hydrogen (secondary N) is 1. The molecule has 0 radical (unpaired) electrons. The maximum atomic E-state index is 12.4. The van der Waals surface area contributed by atoms with Crippen molar-refractivity contribution in [3.05, 3.63) is 40.8 Å². The third-order valence-corrected chi connectivity index (χ3v) is 4.05. The number of aromatic amines is 1. The first-order valence-electron chi connectivity index (χ1n) is 7.26. The molecular formula is C17H15ClN2O3. The van der Waals surface area contributed by atoms with E-state index in [-0.39, 0.29) is 5.56 Å². The highest BCUT2D eigenvalue weighted by Crippen LogP contribution is 2.35. The van der Waals surface area contributed by atoms with Gasteiger partial charge in [0.2, 0.25) is 5.78 Å². The van der Waals surface area contributed by atoms with Crippen LogP contribution in [0.25, 0.3) is 22.2 Å². The smallest absolute Gasteiger partial charge is 0.293 e. The summed E-state index contributed by atoms with van der Waals surface area (Å²) in [4.78, 5) is 27.1. The molecule has 0 aliphatic carbocycles. The van der Waals surface area contributed by atoms with Gasteiger partial charge in [-0.1, -0.05) is 23.7 Å². The largest absolute Gasteiger partial charge is 0.361 e. The Morgan fingerprint density at radius 1 is 1.30 bits per heavy atom. The zero-order chi connectivity index (χ0) is 16.7. The van der Waals surface area contributed by atoms with Gasteiger partial charge in [0.1, 0.15) is 5.76 Å². The molecule has 0 aliphatic heterocycles. The minimum absolute atomic E-state index is 0.268. The molecule has 0 unspecified atom stereocenters. The second-order valence-electron chi connectivity index (χ2n) is 5.44. The van der Waals surface area contributed by atoms with E-state index in [1.807, 2.05) is 32.0 Å². The fraction of sp³-hybridized carbons (Fsp3) is 0.235. The van der Waals surface area contributed by atoms with Gasteiger partial charge >= 0.3 is 0 Å². The molecule has 6 heteroatoms. The summed E-state index contributed by atoms with van der Waals surface area (Å²) < 4.78 is 5.26. The number of rotatable bonds is 4. The van der Waals surface area contributed by atoms with Crippen LogP contribution in [0.1, 0.15) is 34.3 Å². The lowest BCUT2D eigenvalue weighted by Crippen LogP contribution is -2.08. The van der Waals surface area contributed by atoms with Crippen molar-refractivity contribution >= 4 is 33.5 Å². The van der Waals surface area contributed by atoms with Gasteiger partial charge in [-0.05, 0) is 44.0 Å². The summed E-state index contributed by atoms with van der Waals surface area (Å²) in [5.74, 6) is -0.151. The van der Waals surface area contributed by atoms with Gasteiger partial charge in [0.05, 0.1) is 22.5 Å². The van der Waals surface area contributed by atoms with E-state index in [1.165, 1.54) is 0 Å². The first kappa shape index (κ1) is 15.5. The minimum Gasteiger partial charge on any atom is -0.361 e. The highest BCUT2D eigenvalue weighted by Gasteiger charge is 2.27. The van der Waals surface area contributed by atoms with Gasteiger partial charge in [0, 0.05) is 10.9 Å². The fourth-order valence-corrected chi connectivity index (χ4v) is 2.90. The molecule has 0 aliphatic rings. The van der Waals surface area contributed by atoms with E-state index in [9.17, 15) is 9.59 Å². The molecule has 5 nitrogen and oxygen atoms in total. The number of nitrogens with zero attached hydrogens (tertiary/aromatic N) is 1. The summed E-state index contributed by atoms with van der Waals surface area (Å²) >= 11 is 5.47. The van der Waals surface area contributed by atoms with Gasteiger partial charge in [-0.15, -0.1) is 0 Å². The third kappa shape index (κ3) is 2.47. The Balaban J connectivity index is 2.40. The number of hydrogen-bond acceptors (Lipinski definition) is 4. The Bertz CT molecular complexity index is 937. The molecule has 0 amide bonds. The summed E-state index contributed by atoms with van der Waals surface area (Å²) in [5.41, 5.74) is 3.97. The number of halogens is 1. The Kier molecular flexibility index (Phi) is 3.82. The zero-order valence-corrected chi connectivity index (χ0v) is 13.7. The van der Waals surface area contributed by atoms with Crippen LogP contribution in [0.2, 0.25) is 0 Å². The lowest BCUT2D eigenvalue weighted by molar-refractivity contribution is -0.108. The molecule has 1 N–H and O–H groups in total. The molecule has 23 heavy (non-hydrogen) atoms. The predicted octanol–water partition coefficient (Wildman–Crippen LogP) is 3.95. The van der Waals surface area contributed by atoms with Crippen molar-refractivity contribution in [3.63, 3.8) is 0 Å². The summed E-state index contributed by atoms with van der Waals surface area (Å²) in [6, 6.07) is 5.66. The van der Waals surface area contributed by atoms with Crippen LogP contribution < -0.4 is 0 Å². The van der Waals surface area contributed by atoms with Crippen LogP contribution in [0.15, 0.2) is 22.7 Å². The predicted molar refractivity (Wildman–Crippen MR) is 87.8 cm³/mol. The number of hydrogen-bond donors (Lipinski definition) is 1. The molecule has 0 fully saturated rings.